The van der Waals surface area contributed by atoms with E-state index in [2.05, 4.69) is 0 Å². The number of nitrogens with two attached hydrogens (primary N) is 1. The zero-order chi connectivity index (χ0) is 29.6. The number of aliphatic hydroxyl groups is 10. The van der Waals surface area contributed by atoms with E-state index in [0.717, 1.165) is 12.8 Å². The molecule has 12 N–H and O–H groups in total. The summed E-state index contributed by atoms with van der Waals surface area (Å²) in [7, 11) is 0. The Morgan fingerprint density at radius 2 is 0.950 bits per heavy atom. The van der Waals surface area contributed by atoms with Crippen LogP contribution in [0.25, 0.3) is 0 Å². The second kappa shape index (κ2) is 15.7. The van der Waals surface area contributed by atoms with Crippen molar-refractivity contribution in [2.75, 3.05) is 33.0 Å². The molecule has 3 rings (SSSR count). The van der Waals surface area contributed by atoms with Crippen molar-refractivity contribution >= 4 is 0 Å². The van der Waals surface area contributed by atoms with Gasteiger partial charge in [-0.05, 0) is 25.8 Å². The Morgan fingerprint density at radius 1 is 0.500 bits per heavy atom. The van der Waals surface area contributed by atoms with E-state index < -0.39 is 112 Å². The van der Waals surface area contributed by atoms with Crippen molar-refractivity contribution in [3.8, 4) is 0 Å². The van der Waals surface area contributed by atoms with Crippen LogP contribution in [-0.4, -0.2) is 176 Å². The molecule has 3 aliphatic rings. The summed E-state index contributed by atoms with van der Waals surface area (Å²) < 4.78 is 32.9. The van der Waals surface area contributed by atoms with Gasteiger partial charge >= 0.3 is 0 Å². The van der Waals surface area contributed by atoms with Gasteiger partial charge in [-0.15, -0.1) is 0 Å². The Hall–Kier alpha value is -0.680. The van der Waals surface area contributed by atoms with E-state index in [4.69, 9.17) is 34.2 Å². The molecule has 0 aliphatic carbocycles. The fourth-order valence-electron chi connectivity index (χ4n) is 4.80. The number of unbranched alkanes of at least 4 members (excludes halogenated alkanes) is 2. The van der Waals surface area contributed by atoms with Crippen molar-refractivity contribution in [3.05, 3.63) is 0 Å². The Bertz CT molecular complexity index is 733. The largest absolute Gasteiger partial charge is 0.394 e. The highest BCUT2D eigenvalue weighted by Gasteiger charge is 2.53. The molecular weight excluding hydrogens is 546 g/mol. The Morgan fingerprint density at radius 3 is 1.45 bits per heavy atom. The molecule has 3 heterocycles. The van der Waals surface area contributed by atoms with Gasteiger partial charge in [0.05, 0.1) is 19.8 Å². The molecule has 0 radical (unpaired) electrons. The van der Waals surface area contributed by atoms with Gasteiger partial charge in [-0.25, -0.2) is 0 Å². The lowest BCUT2D eigenvalue weighted by atomic mass is 9.96. The molecule has 3 aliphatic heterocycles. The minimum atomic E-state index is -1.89. The zero-order valence-corrected chi connectivity index (χ0v) is 21.8. The molecule has 0 aromatic rings. The maximum atomic E-state index is 10.8. The van der Waals surface area contributed by atoms with Gasteiger partial charge in [0.25, 0.3) is 0 Å². The predicted octanol–water partition coefficient (Wildman–Crippen LogP) is -6.42. The molecule has 0 aromatic heterocycles. The summed E-state index contributed by atoms with van der Waals surface area (Å²) in [6.07, 6.45) is -21.8. The molecule has 236 valence electrons. The minimum absolute atomic E-state index is 0.197. The molecule has 17 heteroatoms. The summed E-state index contributed by atoms with van der Waals surface area (Å²) in [5.41, 5.74) is 5.45. The zero-order valence-electron chi connectivity index (χ0n) is 21.8. The van der Waals surface area contributed by atoms with Crippen LogP contribution in [0.4, 0.5) is 0 Å². The predicted molar refractivity (Wildman–Crippen MR) is 128 cm³/mol. The maximum Gasteiger partial charge on any atom is 0.187 e. The Balaban J connectivity index is 1.64. The second-order valence-electron chi connectivity index (χ2n) is 10.0. The SMILES string of the molecule is NCCCCCOC1OC(CO)C(OC2OC(CO)C(OC3OC(CO)C(O)C(O)C3O)C(O)C2O)C(O)C1O. The Kier molecular flexibility index (Phi) is 13.3. The van der Waals surface area contributed by atoms with E-state index >= 15 is 0 Å². The molecule has 40 heavy (non-hydrogen) atoms. The quantitative estimate of drug-likeness (QED) is 0.0890. The number of ether oxygens (including phenoxy) is 6. The molecule has 17 nitrogen and oxygen atoms in total. The Labute approximate surface area is 230 Å². The standard InChI is InChI=1S/C23H43NO16/c24-4-2-1-3-5-35-21-17(33)14(30)19(10(7-26)37-21)40-23-18(34)15(31)20(11(8-27)38-23)39-22-16(32)13(29)12(28)9(6-25)36-22/h9-23,25-34H,1-8,24H2. The van der Waals surface area contributed by atoms with E-state index in [-0.39, 0.29) is 6.61 Å². The van der Waals surface area contributed by atoms with Crippen molar-refractivity contribution in [3.63, 3.8) is 0 Å². The van der Waals surface area contributed by atoms with Crippen LogP contribution in [0.2, 0.25) is 0 Å². The summed E-state index contributed by atoms with van der Waals surface area (Å²) in [4.78, 5) is 0. The van der Waals surface area contributed by atoms with E-state index in [0.29, 0.717) is 13.0 Å². The summed E-state index contributed by atoms with van der Waals surface area (Å²) in [5.74, 6) is 0. The van der Waals surface area contributed by atoms with Gasteiger partial charge in [-0.1, -0.05) is 0 Å². The average Bonchev–Trinajstić information content (AvgIpc) is 2.95. The number of hydrogen-bond donors (Lipinski definition) is 11. The first kappa shape index (κ1) is 33.8. The average molecular weight is 590 g/mol. The first-order valence-electron chi connectivity index (χ1n) is 13.3. The second-order valence-corrected chi connectivity index (χ2v) is 10.0. The van der Waals surface area contributed by atoms with Gasteiger partial charge in [0.15, 0.2) is 18.9 Å². The van der Waals surface area contributed by atoms with E-state index in [1.807, 2.05) is 0 Å². The van der Waals surface area contributed by atoms with Crippen molar-refractivity contribution in [2.24, 2.45) is 5.73 Å². The highest BCUT2D eigenvalue weighted by Crippen LogP contribution is 2.32. The molecule has 15 unspecified atom stereocenters. The van der Waals surface area contributed by atoms with Crippen molar-refractivity contribution < 1.29 is 79.5 Å². The summed E-state index contributed by atoms with van der Waals surface area (Å²) >= 11 is 0. The fourth-order valence-corrected chi connectivity index (χ4v) is 4.80. The third-order valence-electron chi connectivity index (χ3n) is 7.20. The molecule has 3 fully saturated rings. The third kappa shape index (κ3) is 7.63. The van der Waals surface area contributed by atoms with Gasteiger partial charge in [-0.3, -0.25) is 0 Å². The fraction of sp³-hybridized carbons (Fsp3) is 1.00. The summed E-state index contributed by atoms with van der Waals surface area (Å²) in [5, 5.41) is 102. The minimum Gasteiger partial charge on any atom is -0.394 e. The van der Waals surface area contributed by atoms with Crippen LogP contribution in [0.5, 0.6) is 0 Å². The van der Waals surface area contributed by atoms with Crippen LogP contribution in [0.3, 0.4) is 0 Å². The van der Waals surface area contributed by atoms with Crippen LogP contribution in [0, 0.1) is 0 Å². The van der Waals surface area contributed by atoms with Crippen LogP contribution in [0.1, 0.15) is 19.3 Å². The van der Waals surface area contributed by atoms with Crippen molar-refractivity contribution in [1.82, 2.24) is 0 Å². The highest BCUT2D eigenvalue weighted by molar-refractivity contribution is 4.96. The van der Waals surface area contributed by atoms with Gasteiger partial charge < -0.3 is 85.2 Å². The van der Waals surface area contributed by atoms with Crippen molar-refractivity contribution in [1.29, 1.82) is 0 Å². The molecule has 3 saturated heterocycles. The molecular formula is C23H43NO16. The third-order valence-corrected chi connectivity index (χ3v) is 7.20. The number of hydrogen-bond acceptors (Lipinski definition) is 17. The molecule has 0 aromatic carbocycles. The monoisotopic (exact) mass is 589 g/mol. The molecule has 0 spiro atoms. The van der Waals surface area contributed by atoms with Crippen LogP contribution < -0.4 is 5.73 Å². The highest BCUT2D eigenvalue weighted by atomic mass is 16.8. The molecule has 0 saturated carbocycles. The van der Waals surface area contributed by atoms with Crippen LogP contribution in [0.15, 0.2) is 0 Å². The van der Waals surface area contributed by atoms with Crippen molar-refractivity contribution in [2.45, 2.75) is 111 Å². The van der Waals surface area contributed by atoms with E-state index in [9.17, 15) is 51.1 Å². The first-order valence-corrected chi connectivity index (χ1v) is 13.3. The van der Waals surface area contributed by atoms with E-state index in [1.54, 1.807) is 0 Å². The normalized spacial score (nSPS) is 46.4. The lowest BCUT2D eigenvalue weighted by Gasteiger charge is -2.48. The van der Waals surface area contributed by atoms with Gasteiger partial charge in [0, 0.05) is 6.61 Å². The number of rotatable bonds is 13. The van der Waals surface area contributed by atoms with Crippen LogP contribution in [-0.2, 0) is 28.4 Å². The van der Waals surface area contributed by atoms with Gasteiger partial charge in [0.1, 0.15) is 73.2 Å². The lowest BCUT2D eigenvalue weighted by Crippen LogP contribution is -2.66. The van der Waals surface area contributed by atoms with Gasteiger partial charge in [0.2, 0.25) is 0 Å². The smallest absolute Gasteiger partial charge is 0.187 e. The molecule has 0 amide bonds. The molecule has 15 atom stereocenters. The maximum absolute atomic E-state index is 10.8. The van der Waals surface area contributed by atoms with E-state index in [1.165, 1.54) is 0 Å². The van der Waals surface area contributed by atoms with Gasteiger partial charge in [-0.2, -0.15) is 0 Å². The van der Waals surface area contributed by atoms with Crippen LogP contribution >= 0.6 is 0 Å². The number of aliphatic hydroxyl groups excluding tert-OH is 10. The lowest BCUT2D eigenvalue weighted by molar-refractivity contribution is -0.379. The topological polar surface area (TPSA) is 284 Å². The first-order chi connectivity index (χ1) is 19.1. The summed E-state index contributed by atoms with van der Waals surface area (Å²) in [6, 6.07) is 0. The summed E-state index contributed by atoms with van der Waals surface area (Å²) in [6.45, 7) is -1.50. The molecule has 0 bridgehead atoms.